The van der Waals surface area contributed by atoms with E-state index < -0.39 is 4.92 Å². The molecule has 0 radical (unpaired) electrons. The molecule has 0 aliphatic carbocycles. The van der Waals surface area contributed by atoms with Gasteiger partial charge in [-0.2, -0.15) is 0 Å². The second kappa shape index (κ2) is 5.48. The number of rotatable bonds is 4. The standard InChI is InChI=1S/C10H19N3O2/c1-6(2)8(11)10(13(14)15)9(12-5)7(3)4/h6-7H,11H2,1-5H3/b10-8+,12-9?. The molecule has 86 valence electrons. The molecule has 2 N–H and O–H groups in total. The van der Waals surface area contributed by atoms with Crippen LogP contribution in [-0.2, 0) is 0 Å². The molecule has 0 aromatic rings. The van der Waals surface area contributed by atoms with Crippen molar-refractivity contribution >= 4 is 5.71 Å². The summed E-state index contributed by atoms with van der Waals surface area (Å²) in [7, 11) is 1.55. The summed E-state index contributed by atoms with van der Waals surface area (Å²) in [6.45, 7) is 7.37. The van der Waals surface area contributed by atoms with Gasteiger partial charge in [-0.3, -0.25) is 15.1 Å². The SMILES string of the molecule is CN=C(/C(=C(\N)C(C)C)[N+](=O)[O-])C(C)C. The van der Waals surface area contributed by atoms with Crippen LogP contribution >= 0.6 is 0 Å². The highest BCUT2D eigenvalue weighted by Crippen LogP contribution is 2.16. The van der Waals surface area contributed by atoms with Crippen molar-refractivity contribution in [2.24, 2.45) is 22.6 Å². The first-order chi connectivity index (χ1) is 6.82. The highest BCUT2D eigenvalue weighted by molar-refractivity contribution is 5.99. The molecular formula is C10H19N3O2. The third-order valence-electron chi connectivity index (χ3n) is 2.11. The summed E-state index contributed by atoms with van der Waals surface area (Å²) >= 11 is 0. The number of nitrogens with zero attached hydrogens (tertiary/aromatic N) is 2. The minimum atomic E-state index is -0.447. The lowest BCUT2D eigenvalue weighted by molar-refractivity contribution is -0.417. The zero-order valence-electron chi connectivity index (χ0n) is 9.94. The average molecular weight is 213 g/mol. The summed E-state index contributed by atoms with van der Waals surface area (Å²) in [4.78, 5) is 14.4. The van der Waals surface area contributed by atoms with Gasteiger partial charge in [0.1, 0.15) is 5.71 Å². The first-order valence-corrected chi connectivity index (χ1v) is 4.94. The molecule has 0 aromatic carbocycles. The predicted molar refractivity (Wildman–Crippen MR) is 61.2 cm³/mol. The molecule has 5 heteroatoms. The van der Waals surface area contributed by atoms with E-state index in [9.17, 15) is 10.1 Å². The topological polar surface area (TPSA) is 81.5 Å². The Morgan fingerprint density at radius 1 is 1.27 bits per heavy atom. The summed E-state index contributed by atoms with van der Waals surface area (Å²) in [6, 6.07) is 0. The molecule has 0 bridgehead atoms. The zero-order chi connectivity index (χ0) is 12.2. The van der Waals surface area contributed by atoms with Crippen molar-refractivity contribution in [2.75, 3.05) is 7.05 Å². The molecule has 0 spiro atoms. The van der Waals surface area contributed by atoms with E-state index in [0.717, 1.165) is 0 Å². The highest BCUT2D eigenvalue weighted by Gasteiger charge is 2.26. The number of nitrogens with two attached hydrogens (primary N) is 1. The van der Waals surface area contributed by atoms with Crippen molar-refractivity contribution in [2.45, 2.75) is 27.7 Å². The van der Waals surface area contributed by atoms with Crippen LogP contribution in [0.3, 0.4) is 0 Å². The lowest BCUT2D eigenvalue weighted by atomic mass is 10.00. The zero-order valence-corrected chi connectivity index (χ0v) is 9.94. The van der Waals surface area contributed by atoms with Gasteiger partial charge in [0, 0.05) is 13.0 Å². The number of hydrogen-bond acceptors (Lipinski definition) is 4. The van der Waals surface area contributed by atoms with Gasteiger partial charge in [-0.05, 0) is 5.92 Å². The van der Waals surface area contributed by atoms with E-state index in [1.165, 1.54) is 0 Å². The Bertz CT molecular complexity index is 304. The van der Waals surface area contributed by atoms with Crippen LogP contribution in [0.25, 0.3) is 0 Å². The molecular weight excluding hydrogens is 194 g/mol. The Hall–Kier alpha value is -1.39. The molecule has 0 aromatic heterocycles. The molecule has 5 nitrogen and oxygen atoms in total. The van der Waals surface area contributed by atoms with Gasteiger partial charge in [-0.1, -0.05) is 27.7 Å². The summed E-state index contributed by atoms with van der Waals surface area (Å²) in [5.74, 6) is -0.0615. The maximum absolute atomic E-state index is 10.9. The quantitative estimate of drug-likeness (QED) is 0.439. The van der Waals surface area contributed by atoms with Crippen molar-refractivity contribution < 1.29 is 4.92 Å². The van der Waals surface area contributed by atoms with Crippen molar-refractivity contribution in [1.29, 1.82) is 0 Å². The van der Waals surface area contributed by atoms with Gasteiger partial charge < -0.3 is 5.73 Å². The fourth-order valence-electron chi connectivity index (χ4n) is 1.26. The first-order valence-electron chi connectivity index (χ1n) is 4.94. The van der Waals surface area contributed by atoms with Gasteiger partial charge in [-0.25, -0.2) is 0 Å². The minimum Gasteiger partial charge on any atom is -0.396 e. The molecule has 0 rings (SSSR count). The Kier molecular flexibility index (Phi) is 4.97. The van der Waals surface area contributed by atoms with E-state index in [1.54, 1.807) is 7.05 Å². The van der Waals surface area contributed by atoms with Crippen LogP contribution in [0, 0.1) is 22.0 Å². The van der Waals surface area contributed by atoms with Crippen LogP contribution < -0.4 is 5.73 Å². The summed E-state index contributed by atoms with van der Waals surface area (Å²) < 4.78 is 0. The number of aliphatic imine (C=N–C) groups is 1. The molecule has 15 heavy (non-hydrogen) atoms. The van der Waals surface area contributed by atoms with Gasteiger partial charge in [0.2, 0.25) is 0 Å². The van der Waals surface area contributed by atoms with Gasteiger partial charge in [-0.15, -0.1) is 0 Å². The third-order valence-corrected chi connectivity index (χ3v) is 2.11. The van der Waals surface area contributed by atoms with E-state index >= 15 is 0 Å². The minimum absolute atomic E-state index is 0.00676. The Labute approximate surface area is 90.2 Å². The van der Waals surface area contributed by atoms with Crippen LogP contribution in [0.5, 0.6) is 0 Å². The third kappa shape index (κ3) is 3.34. The molecule has 0 atom stereocenters. The van der Waals surface area contributed by atoms with E-state index in [4.69, 9.17) is 5.73 Å². The van der Waals surface area contributed by atoms with Crippen LogP contribution in [0.4, 0.5) is 0 Å². The predicted octanol–water partition coefficient (Wildman–Crippen LogP) is 1.82. The fraction of sp³-hybridized carbons (Fsp3) is 0.700. The van der Waals surface area contributed by atoms with Gasteiger partial charge >= 0.3 is 5.70 Å². The van der Waals surface area contributed by atoms with Crippen LogP contribution in [-0.4, -0.2) is 17.7 Å². The largest absolute Gasteiger partial charge is 0.396 e. The van der Waals surface area contributed by atoms with Crippen LogP contribution in [0.15, 0.2) is 16.4 Å². The molecule has 0 aliphatic heterocycles. The average Bonchev–Trinajstić information content (AvgIpc) is 2.11. The van der Waals surface area contributed by atoms with Crippen LogP contribution in [0.1, 0.15) is 27.7 Å². The summed E-state index contributed by atoms with van der Waals surface area (Å²) in [5.41, 5.74) is 6.43. The maximum atomic E-state index is 10.9. The molecule has 0 saturated carbocycles. The normalized spacial score (nSPS) is 14.5. The van der Waals surface area contributed by atoms with Gasteiger partial charge in [0.25, 0.3) is 0 Å². The highest BCUT2D eigenvalue weighted by atomic mass is 16.6. The van der Waals surface area contributed by atoms with Crippen LogP contribution in [0.2, 0.25) is 0 Å². The first kappa shape index (κ1) is 13.6. The Morgan fingerprint density at radius 2 is 1.73 bits per heavy atom. The summed E-state index contributed by atoms with van der Waals surface area (Å²) in [5, 5.41) is 10.9. The Balaban J connectivity index is 5.52. The summed E-state index contributed by atoms with van der Waals surface area (Å²) in [6.07, 6.45) is 0. The van der Waals surface area contributed by atoms with E-state index in [-0.39, 0.29) is 23.2 Å². The van der Waals surface area contributed by atoms with E-state index in [0.29, 0.717) is 5.71 Å². The lowest BCUT2D eigenvalue weighted by Crippen LogP contribution is -2.24. The van der Waals surface area contributed by atoms with Crippen molar-refractivity contribution in [1.82, 2.24) is 0 Å². The van der Waals surface area contributed by atoms with Crippen molar-refractivity contribution in [3.8, 4) is 0 Å². The second-order valence-corrected chi connectivity index (χ2v) is 3.98. The van der Waals surface area contributed by atoms with Crippen molar-refractivity contribution in [3.63, 3.8) is 0 Å². The van der Waals surface area contributed by atoms with E-state index in [2.05, 4.69) is 4.99 Å². The van der Waals surface area contributed by atoms with Crippen molar-refractivity contribution in [3.05, 3.63) is 21.5 Å². The Morgan fingerprint density at radius 3 is 1.93 bits per heavy atom. The van der Waals surface area contributed by atoms with Gasteiger partial charge in [0.05, 0.1) is 10.6 Å². The molecule has 0 unspecified atom stereocenters. The monoisotopic (exact) mass is 213 g/mol. The smallest absolute Gasteiger partial charge is 0.309 e. The molecule has 0 heterocycles. The number of allylic oxidation sites excluding steroid dienone is 2. The molecule has 0 aliphatic rings. The number of hydrogen-bond donors (Lipinski definition) is 1. The number of nitro groups is 1. The molecule has 0 saturated heterocycles. The van der Waals surface area contributed by atoms with E-state index in [1.807, 2.05) is 27.7 Å². The van der Waals surface area contributed by atoms with Gasteiger partial charge in [0.15, 0.2) is 0 Å². The fourth-order valence-corrected chi connectivity index (χ4v) is 1.26. The second-order valence-electron chi connectivity index (χ2n) is 3.98. The maximum Gasteiger partial charge on any atom is 0.309 e. The molecule has 0 amide bonds. The lowest BCUT2D eigenvalue weighted by Gasteiger charge is -2.11. The molecule has 0 fully saturated rings.